The van der Waals surface area contributed by atoms with Gasteiger partial charge >= 0.3 is 10.3 Å². The van der Waals surface area contributed by atoms with Crippen molar-refractivity contribution in [3.05, 3.63) is 78.0 Å². The number of ketones is 1. The maximum Gasteiger partial charge on any atom is 0.333 e. The van der Waals surface area contributed by atoms with Gasteiger partial charge in [-0.1, -0.05) is 30.3 Å². The fraction of sp³-hybridized carbons (Fsp3) is 0.400. The summed E-state index contributed by atoms with van der Waals surface area (Å²) in [5.41, 5.74) is 2.25. The Morgan fingerprint density at radius 1 is 1.17 bits per heavy atom. The Balaban J connectivity index is 1.22. The number of benzene rings is 1. The fourth-order valence-electron chi connectivity index (χ4n) is 5.06. The maximum atomic E-state index is 13.3. The number of nitrogens with one attached hydrogen (secondary N) is 1. The van der Waals surface area contributed by atoms with E-state index in [0.717, 1.165) is 13.0 Å². The van der Waals surface area contributed by atoms with E-state index in [4.69, 9.17) is 5.14 Å². The Hall–Kier alpha value is -3.12. The molecule has 2 aliphatic carbocycles. The maximum absolute atomic E-state index is 13.3. The van der Waals surface area contributed by atoms with Gasteiger partial charge in [0.25, 0.3) is 0 Å². The van der Waals surface area contributed by atoms with Crippen LogP contribution in [0, 0.1) is 11.8 Å². The molecule has 4 N–H and O–H groups in total. The highest BCUT2D eigenvalue weighted by atomic mass is 32.2. The number of nitrogens with two attached hydrogens (primary N) is 1. The molecule has 2 aliphatic rings. The molecule has 190 valence electrons. The molecule has 3 aromatic rings. The summed E-state index contributed by atoms with van der Waals surface area (Å²) in [7, 11) is -4.08. The molecule has 0 radical (unpaired) electrons. The number of carbonyl (C=O) groups is 1. The molecular formula is C25H29N5O5S. The van der Waals surface area contributed by atoms with Gasteiger partial charge in [-0.2, -0.15) is 8.42 Å². The summed E-state index contributed by atoms with van der Waals surface area (Å²) in [6.45, 7) is 0.651. The van der Waals surface area contributed by atoms with Crippen LogP contribution < -0.4 is 10.5 Å². The zero-order valence-electron chi connectivity index (χ0n) is 19.6. The van der Waals surface area contributed by atoms with Crippen molar-refractivity contribution in [2.75, 3.05) is 11.9 Å². The van der Waals surface area contributed by atoms with Crippen LogP contribution in [0.5, 0.6) is 0 Å². The molecule has 0 aliphatic heterocycles. The molecule has 5 rings (SSSR count). The molecule has 0 spiro atoms. The van der Waals surface area contributed by atoms with Gasteiger partial charge in [-0.3, -0.25) is 8.98 Å². The lowest BCUT2D eigenvalue weighted by atomic mass is 10.1. The predicted octanol–water partition coefficient (Wildman–Crippen LogP) is 2.08. The van der Waals surface area contributed by atoms with Crippen molar-refractivity contribution < 1.29 is 22.5 Å². The van der Waals surface area contributed by atoms with Gasteiger partial charge in [-0.05, 0) is 42.7 Å². The van der Waals surface area contributed by atoms with Gasteiger partial charge in [0.15, 0.2) is 5.78 Å². The molecule has 2 saturated carbocycles. The van der Waals surface area contributed by atoms with Crippen LogP contribution in [0.4, 0.5) is 5.82 Å². The van der Waals surface area contributed by atoms with Crippen LogP contribution in [-0.2, 0) is 21.0 Å². The number of aliphatic hydroxyl groups excluding tert-OH is 1. The number of aliphatic hydroxyl groups is 1. The van der Waals surface area contributed by atoms with Crippen molar-refractivity contribution in [1.29, 1.82) is 0 Å². The normalized spacial score (nSPS) is 25.6. The third-order valence-corrected chi connectivity index (χ3v) is 7.47. The summed E-state index contributed by atoms with van der Waals surface area (Å²) >= 11 is 0. The summed E-state index contributed by atoms with van der Waals surface area (Å²) < 4.78 is 28.8. The van der Waals surface area contributed by atoms with Crippen molar-refractivity contribution in [3.63, 3.8) is 0 Å². The first-order valence-electron chi connectivity index (χ1n) is 11.9. The number of hydrogen-bond acceptors (Lipinski definition) is 8. The standard InChI is InChI=1S/C25H29N5O5S/c26-36(33,34)35-14-19-8-20(10-23(19)31)29-25-22(11-27-15-28-25)24(32)17-6-7-30(12-17)13-18-9-21(18)16-4-2-1-3-5-16/h1-7,11-12,15,18-21,23,31H,8-10,13-14H2,(H2,26,33,34)(H,27,28,29)/t18-,19-,20-,21-,23+/m1/s1. The Labute approximate surface area is 209 Å². The average Bonchev–Trinajstić information content (AvgIpc) is 3.29. The van der Waals surface area contributed by atoms with Crippen molar-refractivity contribution in [1.82, 2.24) is 14.5 Å². The van der Waals surface area contributed by atoms with E-state index in [0.29, 0.717) is 41.6 Å². The molecule has 2 aromatic heterocycles. The van der Waals surface area contributed by atoms with E-state index < -0.39 is 22.3 Å². The molecule has 0 saturated heterocycles. The second kappa shape index (κ2) is 10.1. The lowest BCUT2D eigenvalue weighted by Crippen LogP contribution is -2.24. The molecule has 2 fully saturated rings. The van der Waals surface area contributed by atoms with Crippen LogP contribution in [0.1, 0.15) is 46.7 Å². The monoisotopic (exact) mass is 511 g/mol. The van der Waals surface area contributed by atoms with Crippen LogP contribution in [-0.4, -0.2) is 52.6 Å². The van der Waals surface area contributed by atoms with Crippen molar-refractivity contribution in [2.24, 2.45) is 17.0 Å². The molecule has 10 nitrogen and oxygen atoms in total. The summed E-state index contributed by atoms with van der Waals surface area (Å²) in [6, 6.07) is 12.1. The van der Waals surface area contributed by atoms with E-state index in [-0.39, 0.29) is 18.4 Å². The number of rotatable bonds is 10. The van der Waals surface area contributed by atoms with Crippen molar-refractivity contribution in [2.45, 2.75) is 43.9 Å². The van der Waals surface area contributed by atoms with Gasteiger partial charge in [0.05, 0.1) is 18.3 Å². The second-order valence-electron chi connectivity index (χ2n) is 9.64. The van der Waals surface area contributed by atoms with Gasteiger partial charge < -0.3 is 15.0 Å². The SMILES string of the molecule is NS(=O)(=O)OC[C@H]1C[C@@H](Nc2ncncc2C(=O)c2ccn(C[C@H]3C[C@@H]3c3ccccc3)c2)C[C@@H]1O. The summed E-state index contributed by atoms with van der Waals surface area (Å²) in [4.78, 5) is 21.6. The molecule has 2 heterocycles. The third-order valence-electron chi connectivity index (χ3n) is 7.01. The molecule has 1 aromatic carbocycles. The largest absolute Gasteiger partial charge is 0.393 e. The minimum Gasteiger partial charge on any atom is -0.393 e. The number of anilines is 1. The molecule has 11 heteroatoms. The van der Waals surface area contributed by atoms with Crippen LogP contribution in [0.2, 0.25) is 0 Å². The Bertz CT molecular complexity index is 1330. The molecular weight excluding hydrogens is 482 g/mol. The predicted molar refractivity (Wildman–Crippen MR) is 132 cm³/mol. The Morgan fingerprint density at radius 3 is 2.75 bits per heavy atom. The van der Waals surface area contributed by atoms with Gasteiger partial charge in [0.1, 0.15) is 12.1 Å². The van der Waals surface area contributed by atoms with E-state index in [9.17, 15) is 18.3 Å². The molecule has 0 unspecified atom stereocenters. The van der Waals surface area contributed by atoms with Gasteiger partial charge in [0.2, 0.25) is 0 Å². The smallest absolute Gasteiger partial charge is 0.333 e. The topological polar surface area (TPSA) is 149 Å². The van der Waals surface area contributed by atoms with Gasteiger partial charge in [0, 0.05) is 42.7 Å². The first-order chi connectivity index (χ1) is 17.3. The Kier molecular flexibility index (Phi) is 6.89. The lowest BCUT2D eigenvalue weighted by Gasteiger charge is -2.15. The fourth-order valence-corrected chi connectivity index (χ4v) is 5.42. The zero-order valence-corrected chi connectivity index (χ0v) is 20.4. The van der Waals surface area contributed by atoms with E-state index in [2.05, 4.69) is 48.3 Å². The molecule has 0 bridgehead atoms. The molecule has 36 heavy (non-hydrogen) atoms. The van der Waals surface area contributed by atoms with E-state index in [1.165, 1.54) is 18.1 Å². The molecule has 0 amide bonds. The third kappa shape index (κ3) is 5.81. The summed E-state index contributed by atoms with van der Waals surface area (Å²) in [5, 5.41) is 18.4. The van der Waals surface area contributed by atoms with E-state index in [1.54, 1.807) is 6.07 Å². The average molecular weight is 512 g/mol. The van der Waals surface area contributed by atoms with Crippen molar-refractivity contribution in [3.8, 4) is 0 Å². The summed E-state index contributed by atoms with van der Waals surface area (Å²) in [6.07, 6.45) is 7.80. The van der Waals surface area contributed by atoms with Crippen LogP contribution in [0.25, 0.3) is 0 Å². The Morgan fingerprint density at radius 2 is 1.97 bits per heavy atom. The first kappa shape index (κ1) is 24.6. The number of nitrogens with zero attached hydrogens (tertiary/aromatic N) is 3. The quantitative estimate of drug-likeness (QED) is 0.350. The number of hydrogen-bond donors (Lipinski definition) is 3. The minimum absolute atomic E-state index is 0.195. The van der Waals surface area contributed by atoms with Crippen LogP contribution in [0.3, 0.4) is 0 Å². The van der Waals surface area contributed by atoms with Gasteiger partial charge in [-0.15, -0.1) is 0 Å². The van der Waals surface area contributed by atoms with Crippen molar-refractivity contribution >= 4 is 21.9 Å². The highest BCUT2D eigenvalue weighted by Crippen LogP contribution is 2.48. The number of aromatic nitrogens is 3. The van der Waals surface area contributed by atoms with Crippen LogP contribution >= 0.6 is 0 Å². The highest BCUT2D eigenvalue weighted by Gasteiger charge is 2.38. The second-order valence-corrected chi connectivity index (χ2v) is 10.9. The lowest BCUT2D eigenvalue weighted by molar-refractivity contribution is 0.101. The first-order valence-corrected chi connectivity index (χ1v) is 13.4. The summed E-state index contributed by atoms with van der Waals surface area (Å²) in [5.74, 6) is 0.893. The van der Waals surface area contributed by atoms with E-state index in [1.807, 2.05) is 18.5 Å². The zero-order chi connectivity index (χ0) is 25.3. The van der Waals surface area contributed by atoms with E-state index >= 15 is 0 Å². The highest BCUT2D eigenvalue weighted by molar-refractivity contribution is 7.84. The number of carbonyl (C=O) groups excluding carboxylic acids is 1. The molecule has 5 atom stereocenters. The van der Waals surface area contributed by atoms with Crippen LogP contribution in [0.15, 0.2) is 61.3 Å². The minimum atomic E-state index is -4.08. The van der Waals surface area contributed by atoms with Gasteiger partial charge in [-0.25, -0.2) is 15.1 Å².